The molecule has 0 aromatic heterocycles. The zero-order chi connectivity index (χ0) is 9.47. The first kappa shape index (κ1) is 8.35. The molecule has 0 N–H and O–H groups in total. The van der Waals surface area contributed by atoms with Crippen molar-refractivity contribution in [2.45, 2.75) is 12.6 Å². The standard InChI is InChI=1S/C10H7F3/c11-10(12,13)9-5-4-7-2-1-3-8(7)6-9/h1,3-6H,2H2. The van der Waals surface area contributed by atoms with Gasteiger partial charge in [-0.1, -0.05) is 18.2 Å². The molecule has 0 nitrogen and oxygen atoms in total. The van der Waals surface area contributed by atoms with Crippen LogP contribution in [-0.2, 0) is 12.6 Å². The van der Waals surface area contributed by atoms with Crippen molar-refractivity contribution in [3.05, 3.63) is 41.0 Å². The highest BCUT2D eigenvalue weighted by Gasteiger charge is 2.30. The van der Waals surface area contributed by atoms with Crippen molar-refractivity contribution in [1.29, 1.82) is 0 Å². The van der Waals surface area contributed by atoms with Gasteiger partial charge in [-0.3, -0.25) is 0 Å². The SMILES string of the molecule is FC(F)(F)c1ccc2c(c1)C=CC2. The molecule has 1 aromatic rings. The van der Waals surface area contributed by atoms with Gasteiger partial charge in [0.1, 0.15) is 0 Å². The second-order valence-corrected chi connectivity index (χ2v) is 3.02. The fourth-order valence-electron chi connectivity index (χ4n) is 1.43. The van der Waals surface area contributed by atoms with E-state index in [1.165, 1.54) is 12.1 Å². The normalized spacial score (nSPS) is 14.7. The second kappa shape index (κ2) is 2.62. The van der Waals surface area contributed by atoms with Crippen molar-refractivity contribution in [3.63, 3.8) is 0 Å². The van der Waals surface area contributed by atoms with Crippen LogP contribution in [0.3, 0.4) is 0 Å². The van der Waals surface area contributed by atoms with Crippen LogP contribution in [0.5, 0.6) is 0 Å². The van der Waals surface area contributed by atoms with E-state index in [0.717, 1.165) is 18.1 Å². The molecule has 0 amide bonds. The minimum Gasteiger partial charge on any atom is -0.166 e. The topological polar surface area (TPSA) is 0 Å². The summed E-state index contributed by atoms with van der Waals surface area (Å²) in [5.74, 6) is 0. The quantitative estimate of drug-likeness (QED) is 0.580. The molecule has 0 saturated carbocycles. The summed E-state index contributed by atoms with van der Waals surface area (Å²) < 4.78 is 36.7. The highest BCUT2D eigenvalue weighted by Crippen LogP contribution is 2.32. The van der Waals surface area contributed by atoms with Gasteiger partial charge in [-0.05, 0) is 29.7 Å². The van der Waals surface area contributed by atoms with Gasteiger partial charge in [-0.2, -0.15) is 13.2 Å². The van der Waals surface area contributed by atoms with E-state index in [2.05, 4.69) is 0 Å². The smallest absolute Gasteiger partial charge is 0.166 e. The lowest BCUT2D eigenvalue weighted by atomic mass is 10.1. The summed E-state index contributed by atoms with van der Waals surface area (Å²) in [7, 11) is 0. The number of benzene rings is 1. The van der Waals surface area contributed by atoms with Gasteiger partial charge < -0.3 is 0 Å². The summed E-state index contributed by atoms with van der Waals surface area (Å²) in [6.07, 6.45) is 0.105. The highest BCUT2D eigenvalue weighted by atomic mass is 19.4. The molecule has 0 aliphatic heterocycles. The van der Waals surface area contributed by atoms with E-state index in [0.29, 0.717) is 5.56 Å². The van der Waals surface area contributed by atoms with Crippen LogP contribution in [0.1, 0.15) is 16.7 Å². The van der Waals surface area contributed by atoms with Crippen LogP contribution in [0.25, 0.3) is 6.08 Å². The van der Waals surface area contributed by atoms with E-state index in [1.807, 2.05) is 6.08 Å². The van der Waals surface area contributed by atoms with Crippen molar-refractivity contribution in [1.82, 2.24) is 0 Å². The Hall–Kier alpha value is -1.25. The lowest BCUT2D eigenvalue weighted by molar-refractivity contribution is -0.137. The number of rotatable bonds is 0. The molecule has 0 fully saturated rings. The zero-order valence-electron chi connectivity index (χ0n) is 6.73. The summed E-state index contributed by atoms with van der Waals surface area (Å²) in [4.78, 5) is 0. The lowest BCUT2D eigenvalue weighted by Gasteiger charge is -2.07. The summed E-state index contributed by atoms with van der Waals surface area (Å²) in [5, 5.41) is 0. The van der Waals surface area contributed by atoms with Crippen LogP contribution in [0.4, 0.5) is 13.2 Å². The van der Waals surface area contributed by atoms with Crippen LogP contribution in [0.15, 0.2) is 24.3 Å². The first-order valence-electron chi connectivity index (χ1n) is 3.94. The van der Waals surface area contributed by atoms with Gasteiger partial charge >= 0.3 is 6.18 Å². The van der Waals surface area contributed by atoms with Crippen molar-refractivity contribution < 1.29 is 13.2 Å². The Balaban J connectivity index is 2.47. The lowest BCUT2D eigenvalue weighted by Crippen LogP contribution is -2.05. The van der Waals surface area contributed by atoms with Crippen LogP contribution in [0.2, 0.25) is 0 Å². The largest absolute Gasteiger partial charge is 0.416 e. The zero-order valence-corrected chi connectivity index (χ0v) is 6.73. The molecule has 1 aliphatic carbocycles. The van der Waals surface area contributed by atoms with Gasteiger partial charge in [0.15, 0.2) is 0 Å². The number of fused-ring (bicyclic) bond motifs is 1. The molecule has 0 heterocycles. The third-order valence-electron chi connectivity index (χ3n) is 2.11. The Kier molecular flexibility index (Phi) is 1.68. The minimum atomic E-state index is -4.23. The predicted octanol–water partition coefficient (Wildman–Crippen LogP) is 3.27. The van der Waals surface area contributed by atoms with Gasteiger partial charge in [-0.25, -0.2) is 0 Å². The molecule has 13 heavy (non-hydrogen) atoms. The Morgan fingerprint density at radius 1 is 1.15 bits per heavy atom. The minimum absolute atomic E-state index is 0.571. The number of halogens is 3. The van der Waals surface area contributed by atoms with Gasteiger partial charge in [0, 0.05) is 0 Å². The monoisotopic (exact) mass is 184 g/mol. The van der Waals surface area contributed by atoms with E-state index in [9.17, 15) is 13.2 Å². The Bertz CT molecular complexity index is 361. The molecule has 68 valence electrons. The fraction of sp³-hybridized carbons (Fsp3) is 0.200. The molecule has 0 bridgehead atoms. The molecule has 0 spiro atoms. The molecule has 0 atom stereocenters. The Morgan fingerprint density at radius 2 is 1.92 bits per heavy atom. The van der Waals surface area contributed by atoms with Crippen LogP contribution in [0, 0.1) is 0 Å². The van der Waals surface area contributed by atoms with Gasteiger partial charge in [0.2, 0.25) is 0 Å². The number of alkyl halides is 3. The van der Waals surface area contributed by atoms with Gasteiger partial charge in [-0.15, -0.1) is 0 Å². The summed E-state index contributed by atoms with van der Waals surface area (Å²) in [6, 6.07) is 3.86. The van der Waals surface area contributed by atoms with E-state index < -0.39 is 11.7 Å². The molecular weight excluding hydrogens is 177 g/mol. The van der Waals surface area contributed by atoms with E-state index in [1.54, 1.807) is 6.08 Å². The number of allylic oxidation sites excluding steroid dienone is 1. The molecular formula is C10H7F3. The molecule has 0 unspecified atom stereocenters. The number of hydrogen-bond donors (Lipinski definition) is 0. The summed E-state index contributed by atoms with van der Waals surface area (Å²) >= 11 is 0. The maximum absolute atomic E-state index is 12.2. The third-order valence-corrected chi connectivity index (χ3v) is 2.11. The second-order valence-electron chi connectivity index (χ2n) is 3.02. The summed E-state index contributed by atoms with van der Waals surface area (Å²) in [5.41, 5.74) is 1.08. The van der Waals surface area contributed by atoms with E-state index in [-0.39, 0.29) is 0 Å². The van der Waals surface area contributed by atoms with Crippen molar-refractivity contribution in [2.24, 2.45) is 0 Å². The Labute approximate surface area is 73.7 Å². The average Bonchev–Trinajstić information content (AvgIpc) is 2.47. The third kappa shape index (κ3) is 1.46. The summed E-state index contributed by atoms with van der Waals surface area (Å²) in [6.45, 7) is 0. The predicted molar refractivity (Wildman–Crippen MR) is 44.2 cm³/mol. The van der Waals surface area contributed by atoms with Crippen molar-refractivity contribution in [2.75, 3.05) is 0 Å². The molecule has 2 rings (SSSR count). The maximum atomic E-state index is 12.2. The average molecular weight is 184 g/mol. The van der Waals surface area contributed by atoms with E-state index in [4.69, 9.17) is 0 Å². The van der Waals surface area contributed by atoms with Crippen molar-refractivity contribution >= 4 is 6.08 Å². The number of hydrogen-bond acceptors (Lipinski definition) is 0. The van der Waals surface area contributed by atoms with Gasteiger partial charge in [0.05, 0.1) is 5.56 Å². The fourth-order valence-corrected chi connectivity index (χ4v) is 1.43. The Morgan fingerprint density at radius 3 is 2.62 bits per heavy atom. The molecule has 1 aliphatic rings. The maximum Gasteiger partial charge on any atom is 0.416 e. The van der Waals surface area contributed by atoms with Crippen molar-refractivity contribution in [3.8, 4) is 0 Å². The highest BCUT2D eigenvalue weighted by molar-refractivity contribution is 5.60. The van der Waals surface area contributed by atoms with Crippen LogP contribution in [-0.4, -0.2) is 0 Å². The first-order valence-corrected chi connectivity index (χ1v) is 3.94. The van der Waals surface area contributed by atoms with Crippen LogP contribution >= 0.6 is 0 Å². The molecule has 0 radical (unpaired) electrons. The first-order chi connectivity index (χ1) is 6.07. The molecule has 3 heteroatoms. The van der Waals surface area contributed by atoms with E-state index >= 15 is 0 Å². The van der Waals surface area contributed by atoms with Crippen LogP contribution < -0.4 is 0 Å². The molecule has 0 saturated heterocycles. The van der Waals surface area contributed by atoms with Gasteiger partial charge in [0.25, 0.3) is 0 Å². The molecule has 1 aromatic carbocycles.